The Hall–Kier alpha value is -2.20. The normalized spacial score (nSPS) is 10.3. The number of amides is 1. The lowest BCUT2D eigenvalue weighted by molar-refractivity contribution is 0.0953. The van der Waals surface area contributed by atoms with Gasteiger partial charge < -0.3 is 14.8 Å². The minimum Gasteiger partial charge on any atom is -0.490 e. The largest absolute Gasteiger partial charge is 0.490 e. The summed E-state index contributed by atoms with van der Waals surface area (Å²) >= 11 is 5.86. The third-order valence-corrected chi connectivity index (χ3v) is 3.67. The maximum Gasteiger partial charge on any atom is 0.251 e. The van der Waals surface area contributed by atoms with E-state index in [9.17, 15) is 4.79 Å². The first kappa shape index (κ1) is 18.1. The van der Waals surface area contributed by atoms with Gasteiger partial charge >= 0.3 is 0 Å². The first-order chi connectivity index (χ1) is 11.6. The van der Waals surface area contributed by atoms with E-state index < -0.39 is 0 Å². The predicted molar refractivity (Wildman–Crippen MR) is 96.3 cm³/mol. The second-order valence-corrected chi connectivity index (χ2v) is 5.60. The van der Waals surface area contributed by atoms with Crippen LogP contribution in [0.5, 0.6) is 11.5 Å². The molecule has 0 aliphatic rings. The molecule has 0 aliphatic carbocycles. The molecular formula is C19H22ClNO3. The molecular weight excluding hydrogens is 326 g/mol. The monoisotopic (exact) mass is 347 g/mol. The average molecular weight is 348 g/mol. The van der Waals surface area contributed by atoms with Gasteiger partial charge in [-0.25, -0.2) is 0 Å². The number of halogens is 1. The van der Waals surface area contributed by atoms with Crippen LogP contribution in [0.3, 0.4) is 0 Å². The van der Waals surface area contributed by atoms with Crippen LogP contribution >= 0.6 is 11.6 Å². The Bertz CT molecular complexity index is 671. The molecule has 0 atom stereocenters. The lowest BCUT2D eigenvalue weighted by Crippen LogP contribution is -2.25. The van der Waals surface area contributed by atoms with Crippen molar-refractivity contribution in [1.82, 2.24) is 5.32 Å². The minimum absolute atomic E-state index is 0.132. The topological polar surface area (TPSA) is 47.6 Å². The third kappa shape index (κ3) is 5.17. The van der Waals surface area contributed by atoms with E-state index in [4.69, 9.17) is 21.1 Å². The van der Waals surface area contributed by atoms with Crippen LogP contribution in [0, 0.1) is 0 Å². The number of hydrogen-bond donors (Lipinski definition) is 1. The summed E-state index contributed by atoms with van der Waals surface area (Å²) in [6.45, 7) is 5.42. The van der Waals surface area contributed by atoms with Crippen LogP contribution < -0.4 is 14.8 Å². The molecule has 0 heterocycles. The quantitative estimate of drug-likeness (QED) is 0.781. The molecule has 0 unspecified atom stereocenters. The van der Waals surface area contributed by atoms with Crippen LogP contribution in [0.2, 0.25) is 5.02 Å². The van der Waals surface area contributed by atoms with Crippen molar-refractivity contribution in [2.24, 2.45) is 0 Å². The van der Waals surface area contributed by atoms with Crippen LogP contribution in [0.1, 0.15) is 29.8 Å². The van der Waals surface area contributed by atoms with Crippen molar-refractivity contribution in [2.45, 2.75) is 20.3 Å². The third-order valence-electron chi connectivity index (χ3n) is 3.42. The highest BCUT2D eigenvalue weighted by Crippen LogP contribution is 2.28. The van der Waals surface area contributed by atoms with Crippen LogP contribution in [0.15, 0.2) is 42.5 Å². The second kappa shape index (κ2) is 9.18. The summed E-state index contributed by atoms with van der Waals surface area (Å²) in [5.74, 6) is 1.11. The lowest BCUT2D eigenvalue weighted by atomic mass is 10.1. The van der Waals surface area contributed by atoms with Gasteiger partial charge in [-0.1, -0.05) is 23.7 Å². The summed E-state index contributed by atoms with van der Waals surface area (Å²) < 4.78 is 11.1. The molecule has 0 aromatic heterocycles. The molecule has 5 heteroatoms. The number of carbonyl (C=O) groups is 1. The van der Waals surface area contributed by atoms with Crippen LogP contribution in [-0.2, 0) is 6.42 Å². The zero-order chi connectivity index (χ0) is 17.4. The predicted octanol–water partition coefficient (Wildman–Crippen LogP) is 4.11. The first-order valence-electron chi connectivity index (χ1n) is 8.06. The second-order valence-electron chi connectivity index (χ2n) is 5.16. The fourth-order valence-corrected chi connectivity index (χ4v) is 2.39. The van der Waals surface area contributed by atoms with Gasteiger partial charge in [0.05, 0.1) is 13.2 Å². The van der Waals surface area contributed by atoms with E-state index in [0.717, 1.165) is 12.0 Å². The van der Waals surface area contributed by atoms with Gasteiger partial charge in [-0.05, 0) is 56.2 Å². The molecule has 0 spiro atoms. The summed E-state index contributed by atoms with van der Waals surface area (Å²) in [4.78, 5) is 12.3. The zero-order valence-corrected chi connectivity index (χ0v) is 14.7. The van der Waals surface area contributed by atoms with Gasteiger partial charge in [0.15, 0.2) is 11.5 Å². The van der Waals surface area contributed by atoms with E-state index in [-0.39, 0.29) is 5.91 Å². The molecule has 1 N–H and O–H groups in total. The lowest BCUT2D eigenvalue weighted by Gasteiger charge is -2.12. The summed E-state index contributed by atoms with van der Waals surface area (Å²) in [5, 5.41) is 3.62. The molecule has 0 fully saturated rings. The standard InChI is InChI=1S/C19H22ClNO3/c1-3-23-17-10-7-15(13-18(17)24-4-2)19(22)21-12-11-14-5-8-16(20)9-6-14/h5-10,13H,3-4,11-12H2,1-2H3,(H,21,22). The van der Waals surface area contributed by atoms with Crippen molar-refractivity contribution in [3.8, 4) is 11.5 Å². The van der Waals surface area contributed by atoms with Crippen molar-refractivity contribution in [3.05, 3.63) is 58.6 Å². The molecule has 2 rings (SSSR count). The molecule has 24 heavy (non-hydrogen) atoms. The Balaban J connectivity index is 1.96. The molecule has 0 bridgehead atoms. The van der Waals surface area contributed by atoms with Crippen molar-refractivity contribution in [2.75, 3.05) is 19.8 Å². The molecule has 0 saturated heterocycles. The molecule has 0 aliphatic heterocycles. The van der Waals surface area contributed by atoms with E-state index in [0.29, 0.717) is 41.8 Å². The van der Waals surface area contributed by atoms with Crippen LogP contribution in [-0.4, -0.2) is 25.7 Å². The first-order valence-corrected chi connectivity index (χ1v) is 8.44. The van der Waals surface area contributed by atoms with Gasteiger partial charge in [0.25, 0.3) is 5.91 Å². The maximum atomic E-state index is 12.3. The summed E-state index contributed by atoms with van der Waals surface area (Å²) in [6.07, 6.45) is 0.748. The van der Waals surface area contributed by atoms with Crippen LogP contribution in [0.25, 0.3) is 0 Å². The number of nitrogens with one attached hydrogen (secondary N) is 1. The highest BCUT2D eigenvalue weighted by atomic mass is 35.5. The van der Waals surface area contributed by atoms with Gasteiger partial charge in [0.1, 0.15) is 0 Å². The van der Waals surface area contributed by atoms with Gasteiger partial charge in [-0.2, -0.15) is 0 Å². The molecule has 4 nitrogen and oxygen atoms in total. The Morgan fingerprint density at radius 1 is 1.00 bits per heavy atom. The summed E-state index contributed by atoms with van der Waals surface area (Å²) in [6, 6.07) is 12.8. The Labute approximate surface area is 147 Å². The molecule has 2 aromatic rings. The smallest absolute Gasteiger partial charge is 0.251 e. The molecule has 0 saturated carbocycles. The SMILES string of the molecule is CCOc1ccc(C(=O)NCCc2ccc(Cl)cc2)cc1OCC. The fraction of sp³-hybridized carbons (Fsp3) is 0.316. The summed E-state index contributed by atoms with van der Waals surface area (Å²) in [5.41, 5.74) is 1.68. The Kier molecular flexibility index (Phi) is 6.94. The van der Waals surface area contributed by atoms with E-state index in [1.165, 1.54) is 0 Å². The molecule has 1 amide bonds. The van der Waals surface area contributed by atoms with Crippen molar-refractivity contribution < 1.29 is 14.3 Å². The summed E-state index contributed by atoms with van der Waals surface area (Å²) in [7, 11) is 0. The van der Waals surface area contributed by atoms with E-state index in [2.05, 4.69) is 5.32 Å². The fourth-order valence-electron chi connectivity index (χ4n) is 2.27. The Morgan fingerprint density at radius 3 is 2.33 bits per heavy atom. The number of carbonyl (C=O) groups excluding carboxylic acids is 1. The molecule has 0 radical (unpaired) electrons. The van der Waals surface area contributed by atoms with Gasteiger partial charge in [0.2, 0.25) is 0 Å². The van der Waals surface area contributed by atoms with E-state index in [1.54, 1.807) is 18.2 Å². The number of hydrogen-bond acceptors (Lipinski definition) is 3. The van der Waals surface area contributed by atoms with E-state index in [1.807, 2.05) is 38.1 Å². The van der Waals surface area contributed by atoms with Crippen molar-refractivity contribution >= 4 is 17.5 Å². The maximum absolute atomic E-state index is 12.3. The van der Waals surface area contributed by atoms with E-state index >= 15 is 0 Å². The van der Waals surface area contributed by atoms with Crippen LogP contribution in [0.4, 0.5) is 0 Å². The van der Waals surface area contributed by atoms with Crippen molar-refractivity contribution in [1.29, 1.82) is 0 Å². The Morgan fingerprint density at radius 2 is 1.67 bits per heavy atom. The minimum atomic E-state index is -0.132. The van der Waals surface area contributed by atoms with Gasteiger partial charge in [-0.3, -0.25) is 4.79 Å². The zero-order valence-electron chi connectivity index (χ0n) is 14.0. The number of benzene rings is 2. The van der Waals surface area contributed by atoms with Crippen molar-refractivity contribution in [3.63, 3.8) is 0 Å². The molecule has 2 aromatic carbocycles. The van der Waals surface area contributed by atoms with Gasteiger partial charge in [-0.15, -0.1) is 0 Å². The highest BCUT2D eigenvalue weighted by molar-refractivity contribution is 6.30. The van der Waals surface area contributed by atoms with Gasteiger partial charge in [0, 0.05) is 17.1 Å². The highest BCUT2D eigenvalue weighted by Gasteiger charge is 2.11. The average Bonchev–Trinajstić information content (AvgIpc) is 2.58. The molecule has 128 valence electrons. The number of rotatable bonds is 8. The number of ether oxygens (including phenoxy) is 2.